The number of hydrogen-bond donors (Lipinski definition) is 0. The summed E-state index contributed by atoms with van der Waals surface area (Å²) >= 11 is 1.53. The predicted molar refractivity (Wildman–Crippen MR) is 102 cm³/mol. The fraction of sp³-hybridized carbons (Fsp3) is 0.389. The number of aromatic nitrogens is 5. The summed E-state index contributed by atoms with van der Waals surface area (Å²) in [4.78, 5) is 22.7. The molecule has 0 radical (unpaired) electrons. The largest absolute Gasteiger partial charge is 0.343 e. The third kappa shape index (κ3) is 3.12. The van der Waals surface area contributed by atoms with Crippen LogP contribution in [0.15, 0.2) is 36.8 Å². The van der Waals surface area contributed by atoms with Crippen molar-refractivity contribution < 1.29 is 0 Å². The number of nitrogens with zero attached hydrogens (tertiary/aromatic N) is 7. The molecule has 3 aromatic rings. The van der Waals surface area contributed by atoms with Crippen molar-refractivity contribution >= 4 is 22.6 Å². The van der Waals surface area contributed by atoms with Gasteiger partial charge in [-0.3, -0.25) is 4.98 Å². The van der Waals surface area contributed by atoms with Gasteiger partial charge in [0.15, 0.2) is 0 Å². The Morgan fingerprint density at radius 1 is 0.962 bits per heavy atom. The molecule has 3 aromatic heterocycles. The van der Waals surface area contributed by atoms with Crippen molar-refractivity contribution in [3.05, 3.63) is 42.6 Å². The monoisotopic (exact) mass is 365 g/mol. The molecule has 2 aliphatic rings. The number of hydrogen-bond acceptors (Lipinski definition) is 8. The van der Waals surface area contributed by atoms with Crippen molar-refractivity contribution in [3.63, 3.8) is 0 Å². The van der Waals surface area contributed by atoms with Gasteiger partial charge in [-0.15, -0.1) is 0 Å². The average molecular weight is 365 g/mol. The first kappa shape index (κ1) is 15.6. The lowest BCUT2D eigenvalue weighted by Gasteiger charge is -2.34. The van der Waals surface area contributed by atoms with Crippen molar-refractivity contribution in [2.75, 3.05) is 36.0 Å². The van der Waals surface area contributed by atoms with Gasteiger partial charge >= 0.3 is 0 Å². The minimum Gasteiger partial charge on any atom is -0.343 e. The lowest BCUT2D eigenvalue weighted by atomic mass is 10.2. The Hall–Kier alpha value is -2.61. The fourth-order valence-corrected chi connectivity index (χ4v) is 3.93. The van der Waals surface area contributed by atoms with Crippen molar-refractivity contribution in [2.24, 2.45) is 0 Å². The summed E-state index contributed by atoms with van der Waals surface area (Å²) in [5.41, 5.74) is 1.92. The summed E-state index contributed by atoms with van der Waals surface area (Å²) in [6, 6.07) is 5.87. The normalized spacial score (nSPS) is 17.5. The Bertz CT molecular complexity index is 885. The smallest absolute Gasteiger partial charge is 0.225 e. The molecule has 0 atom stereocenters. The summed E-state index contributed by atoms with van der Waals surface area (Å²) in [5.74, 6) is 2.44. The van der Waals surface area contributed by atoms with Gasteiger partial charge in [-0.1, -0.05) is 0 Å². The number of piperazine rings is 1. The summed E-state index contributed by atoms with van der Waals surface area (Å²) in [7, 11) is 0. The van der Waals surface area contributed by atoms with E-state index in [0.29, 0.717) is 5.92 Å². The molecule has 8 heteroatoms. The van der Waals surface area contributed by atoms with Crippen LogP contribution >= 0.6 is 11.5 Å². The third-order valence-electron chi connectivity index (χ3n) is 4.81. The molecule has 0 aromatic carbocycles. The SMILES string of the molecule is c1cncc(-c2ccnc(N3CCN(c4nc(C5CC5)ns4)CC3)n2)c1. The molecule has 7 nitrogen and oxygen atoms in total. The molecule has 1 aliphatic carbocycles. The predicted octanol–water partition coefficient (Wildman–Crippen LogP) is 2.59. The average Bonchev–Trinajstić information content (AvgIpc) is 3.46. The molecule has 1 saturated carbocycles. The zero-order chi connectivity index (χ0) is 17.3. The molecule has 4 heterocycles. The molecule has 1 aliphatic heterocycles. The molecule has 0 spiro atoms. The van der Waals surface area contributed by atoms with E-state index in [1.54, 1.807) is 6.20 Å². The van der Waals surface area contributed by atoms with E-state index in [9.17, 15) is 0 Å². The second kappa shape index (κ2) is 6.60. The zero-order valence-corrected chi connectivity index (χ0v) is 15.1. The van der Waals surface area contributed by atoms with Gasteiger partial charge in [0, 0.05) is 67.8 Å². The fourth-order valence-electron chi connectivity index (χ4n) is 3.14. The number of pyridine rings is 1. The zero-order valence-electron chi connectivity index (χ0n) is 14.3. The van der Waals surface area contributed by atoms with Crippen molar-refractivity contribution in [2.45, 2.75) is 18.8 Å². The summed E-state index contributed by atoms with van der Waals surface area (Å²) < 4.78 is 4.52. The maximum Gasteiger partial charge on any atom is 0.225 e. The van der Waals surface area contributed by atoms with E-state index in [-0.39, 0.29) is 0 Å². The van der Waals surface area contributed by atoms with Crippen LogP contribution < -0.4 is 9.80 Å². The Kier molecular flexibility index (Phi) is 3.97. The first-order chi connectivity index (χ1) is 12.9. The first-order valence-electron chi connectivity index (χ1n) is 8.94. The van der Waals surface area contributed by atoms with Crippen LogP contribution in [0.2, 0.25) is 0 Å². The molecule has 0 bridgehead atoms. The third-order valence-corrected chi connectivity index (χ3v) is 5.60. The van der Waals surface area contributed by atoms with E-state index in [4.69, 9.17) is 9.97 Å². The summed E-state index contributed by atoms with van der Waals surface area (Å²) in [5, 5.41) is 1.05. The molecule has 1 saturated heterocycles. The minimum absolute atomic E-state index is 0.616. The summed E-state index contributed by atoms with van der Waals surface area (Å²) in [6.07, 6.45) is 7.91. The van der Waals surface area contributed by atoms with Gasteiger partial charge in [0.25, 0.3) is 0 Å². The summed E-state index contributed by atoms with van der Waals surface area (Å²) in [6.45, 7) is 3.60. The number of rotatable bonds is 4. The van der Waals surface area contributed by atoms with Gasteiger partial charge in [0.2, 0.25) is 11.1 Å². The molecule has 0 unspecified atom stereocenters. The van der Waals surface area contributed by atoms with Crippen LogP contribution in [-0.2, 0) is 0 Å². The van der Waals surface area contributed by atoms with E-state index >= 15 is 0 Å². The first-order valence-corrected chi connectivity index (χ1v) is 9.71. The van der Waals surface area contributed by atoms with Crippen LogP contribution in [-0.4, -0.2) is 50.5 Å². The van der Waals surface area contributed by atoms with E-state index in [2.05, 4.69) is 24.1 Å². The second-order valence-electron chi connectivity index (χ2n) is 6.67. The van der Waals surface area contributed by atoms with Gasteiger partial charge in [0.1, 0.15) is 5.82 Å². The minimum atomic E-state index is 0.616. The van der Waals surface area contributed by atoms with E-state index in [1.165, 1.54) is 24.4 Å². The highest BCUT2D eigenvalue weighted by Gasteiger charge is 2.29. The molecule has 26 heavy (non-hydrogen) atoms. The lowest BCUT2D eigenvalue weighted by Crippen LogP contribution is -2.47. The van der Waals surface area contributed by atoms with Crippen LogP contribution in [0.3, 0.4) is 0 Å². The Labute approximate surface area is 155 Å². The Morgan fingerprint density at radius 3 is 2.58 bits per heavy atom. The van der Waals surface area contributed by atoms with E-state index in [1.807, 2.05) is 30.6 Å². The maximum atomic E-state index is 4.73. The van der Waals surface area contributed by atoms with Crippen molar-refractivity contribution in [3.8, 4) is 11.3 Å². The van der Waals surface area contributed by atoms with Gasteiger partial charge in [-0.05, 0) is 31.0 Å². The highest BCUT2D eigenvalue weighted by Crippen LogP contribution is 2.39. The molecule has 5 rings (SSSR count). The van der Waals surface area contributed by atoms with Crippen LogP contribution in [0.5, 0.6) is 0 Å². The van der Waals surface area contributed by atoms with Gasteiger partial charge in [-0.25, -0.2) is 15.0 Å². The maximum absolute atomic E-state index is 4.73. The highest BCUT2D eigenvalue weighted by molar-refractivity contribution is 7.09. The second-order valence-corrected chi connectivity index (χ2v) is 7.40. The molecule has 0 N–H and O–H groups in total. The van der Waals surface area contributed by atoms with Gasteiger partial charge in [-0.2, -0.15) is 4.37 Å². The molecule has 2 fully saturated rings. The van der Waals surface area contributed by atoms with Gasteiger partial charge < -0.3 is 9.80 Å². The van der Waals surface area contributed by atoms with E-state index < -0.39 is 0 Å². The molecule has 0 amide bonds. The molecular formula is C18H19N7S. The number of anilines is 2. The lowest BCUT2D eigenvalue weighted by molar-refractivity contribution is 0.638. The topological polar surface area (TPSA) is 70.9 Å². The Balaban J connectivity index is 1.27. The van der Waals surface area contributed by atoms with E-state index in [0.717, 1.165) is 54.3 Å². The van der Waals surface area contributed by atoms with Crippen molar-refractivity contribution in [1.82, 2.24) is 24.3 Å². The highest BCUT2D eigenvalue weighted by atomic mass is 32.1. The standard InChI is InChI=1S/C18H19N7S/c1-2-14(12-19-6-1)15-5-7-20-17(21-15)24-8-10-25(11-9-24)18-22-16(23-26-18)13-3-4-13/h1-2,5-7,12-13H,3-4,8-11H2. The molecule has 132 valence electrons. The quantitative estimate of drug-likeness (QED) is 0.704. The van der Waals surface area contributed by atoms with Crippen LogP contribution in [0.25, 0.3) is 11.3 Å². The van der Waals surface area contributed by atoms with Crippen LogP contribution in [0.1, 0.15) is 24.6 Å². The van der Waals surface area contributed by atoms with Crippen LogP contribution in [0, 0.1) is 0 Å². The molecular weight excluding hydrogens is 346 g/mol. The van der Waals surface area contributed by atoms with Crippen molar-refractivity contribution in [1.29, 1.82) is 0 Å². The Morgan fingerprint density at radius 2 is 1.81 bits per heavy atom. The van der Waals surface area contributed by atoms with Crippen LogP contribution in [0.4, 0.5) is 11.1 Å². The van der Waals surface area contributed by atoms with Gasteiger partial charge in [0.05, 0.1) is 5.69 Å².